The van der Waals surface area contributed by atoms with Gasteiger partial charge in [-0.15, -0.1) is 0 Å². The van der Waals surface area contributed by atoms with Crippen LogP contribution in [0.4, 0.5) is 0 Å². The second-order valence-corrected chi connectivity index (χ2v) is 8.01. The van der Waals surface area contributed by atoms with Crippen molar-refractivity contribution in [3.63, 3.8) is 0 Å². The van der Waals surface area contributed by atoms with E-state index >= 15 is 0 Å². The summed E-state index contributed by atoms with van der Waals surface area (Å²) in [6, 6.07) is 0.0395. The summed E-state index contributed by atoms with van der Waals surface area (Å²) in [4.78, 5) is 14.0. The molecule has 1 fully saturated rings. The minimum Gasteiger partial charge on any atom is -0.337 e. The van der Waals surface area contributed by atoms with Crippen LogP contribution in [0.3, 0.4) is 0 Å². The number of likely N-dealkylation sites (tertiary alicyclic amines) is 1. The molecule has 21 heavy (non-hydrogen) atoms. The van der Waals surface area contributed by atoms with E-state index in [4.69, 9.17) is 0 Å². The Kier molecular flexibility index (Phi) is 5.03. The maximum absolute atomic E-state index is 12.3. The Hall–Kier alpha value is -1.37. The smallest absolute Gasteiger partial charge is 0.238 e. The highest BCUT2D eigenvalue weighted by Crippen LogP contribution is 2.19. The average molecular weight is 313 g/mol. The van der Waals surface area contributed by atoms with E-state index in [0.717, 1.165) is 24.8 Å². The summed E-state index contributed by atoms with van der Waals surface area (Å²) in [5.74, 6) is -0.640. The third kappa shape index (κ3) is 4.30. The van der Waals surface area contributed by atoms with Crippen molar-refractivity contribution < 1.29 is 13.2 Å². The van der Waals surface area contributed by atoms with Crippen LogP contribution in [0.5, 0.6) is 0 Å². The number of sulfone groups is 1. The van der Waals surface area contributed by atoms with Crippen molar-refractivity contribution in [1.82, 2.24) is 14.7 Å². The van der Waals surface area contributed by atoms with Crippen LogP contribution in [-0.4, -0.2) is 53.1 Å². The van der Waals surface area contributed by atoms with Crippen molar-refractivity contribution in [2.75, 3.05) is 18.1 Å². The van der Waals surface area contributed by atoms with Crippen LogP contribution < -0.4 is 0 Å². The van der Waals surface area contributed by atoms with Crippen molar-refractivity contribution in [2.24, 2.45) is 0 Å². The number of carbonyl (C=O) groups excluding carboxylic acids is 1. The second-order valence-electron chi connectivity index (χ2n) is 5.65. The average Bonchev–Trinajstić information content (AvgIpc) is 2.84. The number of carbonyl (C=O) groups is 1. The van der Waals surface area contributed by atoms with Gasteiger partial charge in [0.1, 0.15) is 5.75 Å². The van der Waals surface area contributed by atoms with E-state index in [1.165, 1.54) is 0 Å². The molecule has 6 nitrogen and oxygen atoms in total. The van der Waals surface area contributed by atoms with Gasteiger partial charge in [-0.3, -0.25) is 9.48 Å². The molecule has 1 aromatic rings. The fraction of sp³-hybridized carbons (Fsp3) is 0.714. The minimum absolute atomic E-state index is 0.00952. The molecule has 0 radical (unpaired) electrons. The summed E-state index contributed by atoms with van der Waals surface area (Å²) >= 11 is 0. The number of aryl methyl sites for hydroxylation is 1. The van der Waals surface area contributed by atoms with Crippen LogP contribution in [0.15, 0.2) is 12.4 Å². The van der Waals surface area contributed by atoms with E-state index in [1.54, 1.807) is 18.0 Å². The molecule has 2 rings (SSSR count). The summed E-state index contributed by atoms with van der Waals surface area (Å²) in [6.45, 7) is 4.82. The number of piperidine rings is 1. The summed E-state index contributed by atoms with van der Waals surface area (Å²) in [6.07, 6.45) is 6.63. The van der Waals surface area contributed by atoms with Crippen molar-refractivity contribution in [1.29, 1.82) is 0 Å². The van der Waals surface area contributed by atoms with E-state index < -0.39 is 9.84 Å². The second kappa shape index (κ2) is 6.60. The highest BCUT2D eigenvalue weighted by atomic mass is 32.2. The molecule has 0 bridgehead atoms. The maximum atomic E-state index is 12.3. The van der Waals surface area contributed by atoms with E-state index in [1.807, 2.05) is 17.8 Å². The topological polar surface area (TPSA) is 72.3 Å². The molecule has 0 spiro atoms. The number of hydrogen-bond donors (Lipinski definition) is 0. The van der Waals surface area contributed by atoms with Crippen molar-refractivity contribution in [3.05, 3.63) is 18.0 Å². The zero-order valence-electron chi connectivity index (χ0n) is 12.7. The zero-order valence-corrected chi connectivity index (χ0v) is 13.5. The van der Waals surface area contributed by atoms with Gasteiger partial charge in [0.15, 0.2) is 9.84 Å². The maximum Gasteiger partial charge on any atom is 0.238 e. The number of hydrogen-bond acceptors (Lipinski definition) is 4. The molecule has 0 saturated carbocycles. The SMILES string of the molecule is CCS(=O)(=O)CC(=O)N1CCCCC1Cn1cc(C)cn1. The van der Waals surface area contributed by atoms with Gasteiger partial charge in [0.05, 0.1) is 18.8 Å². The normalized spacial score (nSPS) is 19.7. The lowest BCUT2D eigenvalue weighted by atomic mass is 10.0. The lowest BCUT2D eigenvalue weighted by molar-refractivity contribution is -0.132. The van der Waals surface area contributed by atoms with Crippen LogP contribution in [-0.2, 0) is 21.2 Å². The molecule has 1 aliphatic heterocycles. The first-order valence-corrected chi connectivity index (χ1v) is 9.22. The summed E-state index contributed by atoms with van der Waals surface area (Å²) in [5.41, 5.74) is 1.08. The van der Waals surface area contributed by atoms with E-state index in [-0.39, 0.29) is 23.5 Å². The summed E-state index contributed by atoms with van der Waals surface area (Å²) in [5, 5.41) is 4.25. The molecular weight excluding hydrogens is 290 g/mol. The third-order valence-electron chi connectivity index (χ3n) is 3.89. The van der Waals surface area contributed by atoms with E-state index in [9.17, 15) is 13.2 Å². The van der Waals surface area contributed by atoms with Gasteiger partial charge in [0.2, 0.25) is 5.91 Å². The molecule has 118 valence electrons. The lowest BCUT2D eigenvalue weighted by Crippen LogP contribution is -2.48. The summed E-state index contributed by atoms with van der Waals surface area (Å²) < 4.78 is 25.1. The van der Waals surface area contributed by atoms with Crippen LogP contribution in [0.25, 0.3) is 0 Å². The molecule has 7 heteroatoms. The van der Waals surface area contributed by atoms with Crippen molar-refractivity contribution in [2.45, 2.75) is 45.7 Å². The summed E-state index contributed by atoms with van der Waals surface area (Å²) in [7, 11) is -3.27. The highest BCUT2D eigenvalue weighted by molar-refractivity contribution is 7.92. The van der Waals surface area contributed by atoms with Gasteiger partial charge in [0.25, 0.3) is 0 Å². The predicted molar refractivity (Wildman–Crippen MR) is 80.6 cm³/mol. The first kappa shape index (κ1) is 16.0. The monoisotopic (exact) mass is 313 g/mol. The van der Waals surface area contributed by atoms with Crippen LogP contribution in [0, 0.1) is 6.92 Å². The van der Waals surface area contributed by atoms with Crippen LogP contribution >= 0.6 is 0 Å². The Balaban J connectivity index is 2.06. The number of aromatic nitrogens is 2. The number of nitrogens with zero attached hydrogens (tertiary/aromatic N) is 3. The molecule has 1 atom stereocenters. The Labute approximate surface area is 126 Å². The fourth-order valence-electron chi connectivity index (χ4n) is 2.67. The highest BCUT2D eigenvalue weighted by Gasteiger charge is 2.29. The molecule has 0 N–H and O–H groups in total. The van der Waals surface area contributed by atoms with Gasteiger partial charge >= 0.3 is 0 Å². The molecule has 1 aliphatic rings. The Bertz CT molecular complexity index is 594. The van der Waals surface area contributed by atoms with Gasteiger partial charge in [-0.25, -0.2) is 8.42 Å². The minimum atomic E-state index is -3.27. The number of rotatable bonds is 5. The van der Waals surface area contributed by atoms with Gasteiger partial charge < -0.3 is 4.90 Å². The fourth-order valence-corrected chi connectivity index (χ4v) is 3.42. The molecule has 1 unspecified atom stereocenters. The van der Waals surface area contributed by atoms with Crippen LogP contribution in [0.2, 0.25) is 0 Å². The molecular formula is C14H23N3O3S. The molecule has 1 amide bonds. The molecule has 1 saturated heterocycles. The van der Waals surface area contributed by atoms with Gasteiger partial charge in [-0.1, -0.05) is 6.92 Å². The van der Waals surface area contributed by atoms with E-state index in [0.29, 0.717) is 13.1 Å². The molecule has 0 aromatic carbocycles. The Morgan fingerprint density at radius 3 is 2.81 bits per heavy atom. The molecule has 1 aromatic heterocycles. The standard InChI is InChI=1S/C14H23N3O3S/c1-3-21(19,20)11-14(18)17-7-5-4-6-13(17)10-16-9-12(2)8-15-16/h8-9,13H,3-7,10-11H2,1-2H3. The molecule has 2 heterocycles. The molecule has 0 aliphatic carbocycles. The van der Waals surface area contributed by atoms with Gasteiger partial charge in [-0.05, 0) is 31.7 Å². The Morgan fingerprint density at radius 1 is 1.43 bits per heavy atom. The first-order chi connectivity index (χ1) is 9.91. The third-order valence-corrected chi connectivity index (χ3v) is 5.46. The van der Waals surface area contributed by atoms with E-state index in [2.05, 4.69) is 5.10 Å². The zero-order chi connectivity index (χ0) is 15.5. The van der Waals surface area contributed by atoms with Crippen molar-refractivity contribution >= 4 is 15.7 Å². The van der Waals surface area contributed by atoms with Gasteiger partial charge in [-0.2, -0.15) is 5.10 Å². The lowest BCUT2D eigenvalue weighted by Gasteiger charge is -2.35. The quantitative estimate of drug-likeness (QED) is 0.813. The number of amides is 1. The first-order valence-electron chi connectivity index (χ1n) is 7.40. The predicted octanol–water partition coefficient (Wildman–Crippen LogP) is 1.01. The van der Waals surface area contributed by atoms with Gasteiger partial charge in [0, 0.05) is 18.5 Å². The van der Waals surface area contributed by atoms with Crippen molar-refractivity contribution in [3.8, 4) is 0 Å². The van der Waals surface area contributed by atoms with Crippen LogP contribution in [0.1, 0.15) is 31.7 Å². The largest absolute Gasteiger partial charge is 0.337 e. The Morgan fingerprint density at radius 2 is 2.19 bits per heavy atom.